The second kappa shape index (κ2) is 8.10. The van der Waals surface area contributed by atoms with Gasteiger partial charge in [0.25, 0.3) is 0 Å². The number of nitrogens with one attached hydrogen (secondary N) is 1. The van der Waals surface area contributed by atoms with Crippen molar-refractivity contribution < 1.29 is 0 Å². The number of nitrogens with zero attached hydrogens (tertiary/aromatic N) is 1. The molecule has 1 fully saturated rings. The van der Waals surface area contributed by atoms with Crippen LogP contribution in [0.25, 0.3) is 0 Å². The zero-order chi connectivity index (χ0) is 12.7. The van der Waals surface area contributed by atoms with E-state index in [2.05, 4.69) is 37.9 Å². The highest BCUT2D eigenvalue weighted by atomic mass is 15.1. The first kappa shape index (κ1) is 15.0. The molecule has 1 rings (SSSR count). The summed E-state index contributed by atoms with van der Waals surface area (Å²) >= 11 is 0. The first-order valence-electron chi connectivity index (χ1n) is 7.56. The minimum absolute atomic E-state index is 0.783. The van der Waals surface area contributed by atoms with Crippen LogP contribution in [-0.4, -0.2) is 37.6 Å². The molecule has 17 heavy (non-hydrogen) atoms. The zero-order valence-electron chi connectivity index (χ0n) is 12.3. The Hall–Kier alpha value is -0.0800. The smallest absolute Gasteiger partial charge is 0.00191 e. The fourth-order valence-corrected chi connectivity index (χ4v) is 2.93. The molecule has 0 spiro atoms. The van der Waals surface area contributed by atoms with Crippen molar-refractivity contribution in [1.29, 1.82) is 0 Å². The lowest BCUT2D eigenvalue weighted by atomic mass is 9.89. The van der Waals surface area contributed by atoms with Gasteiger partial charge < -0.3 is 10.2 Å². The van der Waals surface area contributed by atoms with Gasteiger partial charge in [-0.2, -0.15) is 0 Å². The van der Waals surface area contributed by atoms with Gasteiger partial charge >= 0.3 is 0 Å². The average Bonchev–Trinajstić information content (AvgIpc) is 2.52. The highest BCUT2D eigenvalue weighted by molar-refractivity contribution is 4.73. The Morgan fingerprint density at radius 1 is 1.18 bits per heavy atom. The molecule has 1 N–H and O–H groups in total. The highest BCUT2D eigenvalue weighted by Gasteiger charge is 2.20. The average molecular weight is 240 g/mol. The molecular formula is C15H32N2. The summed E-state index contributed by atoms with van der Waals surface area (Å²) in [6, 6.07) is 0. The normalized spacial score (nSPS) is 24.9. The van der Waals surface area contributed by atoms with E-state index >= 15 is 0 Å². The van der Waals surface area contributed by atoms with E-state index in [1.165, 1.54) is 45.4 Å². The molecule has 0 aliphatic carbocycles. The van der Waals surface area contributed by atoms with Crippen molar-refractivity contribution in [2.24, 2.45) is 17.8 Å². The maximum absolute atomic E-state index is 3.45. The van der Waals surface area contributed by atoms with Crippen molar-refractivity contribution in [3.8, 4) is 0 Å². The molecule has 0 radical (unpaired) electrons. The van der Waals surface area contributed by atoms with Crippen molar-refractivity contribution >= 4 is 0 Å². The summed E-state index contributed by atoms with van der Waals surface area (Å²) < 4.78 is 0. The lowest BCUT2D eigenvalue weighted by molar-refractivity contribution is 0.236. The molecule has 102 valence electrons. The molecule has 2 heteroatoms. The summed E-state index contributed by atoms with van der Waals surface area (Å²) in [7, 11) is 0. The second-order valence-electron chi connectivity index (χ2n) is 6.15. The Balaban J connectivity index is 2.26. The molecule has 0 bridgehead atoms. The van der Waals surface area contributed by atoms with Crippen LogP contribution in [0.1, 0.15) is 47.0 Å². The Morgan fingerprint density at radius 3 is 2.59 bits per heavy atom. The summed E-state index contributed by atoms with van der Waals surface area (Å²) in [5.41, 5.74) is 0. The van der Waals surface area contributed by atoms with E-state index in [9.17, 15) is 0 Å². The van der Waals surface area contributed by atoms with Gasteiger partial charge in [0, 0.05) is 6.54 Å². The fourth-order valence-electron chi connectivity index (χ4n) is 2.93. The summed E-state index contributed by atoms with van der Waals surface area (Å²) in [5.74, 6) is 2.61. The van der Waals surface area contributed by atoms with Crippen LogP contribution in [-0.2, 0) is 0 Å². The first-order valence-corrected chi connectivity index (χ1v) is 7.56. The van der Waals surface area contributed by atoms with E-state index < -0.39 is 0 Å². The maximum Gasteiger partial charge on any atom is 0.00191 e. The van der Waals surface area contributed by atoms with Gasteiger partial charge in [0.2, 0.25) is 0 Å². The van der Waals surface area contributed by atoms with Crippen LogP contribution in [0, 0.1) is 17.8 Å². The molecule has 2 unspecified atom stereocenters. The topological polar surface area (TPSA) is 15.3 Å². The van der Waals surface area contributed by atoms with Crippen LogP contribution in [0.2, 0.25) is 0 Å². The number of likely N-dealkylation sites (tertiary alicyclic amines) is 1. The van der Waals surface area contributed by atoms with Gasteiger partial charge in [-0.3, -0.25) is 0 Å². The molecule has 0 aromatic carbocycles. The number of rotatable bonds is 6. The van der Waals surface area contributed by atoms with Gasteiger partial charge in [-0.15, -0.1) is 0 Å². The van der Waals surface area contributed by atoms with E-state index in [-0.39, 0.29) is 0 Å². The van der Waals surface area contributed by atoms with E-state index in [1.54, 1.807) is 0 Å². The summed E-state index contributed by atoms with van der Waals surface area (Å²) in [4.78, 5) is 2.68. The van der Waals surface area contributed by atoms with Crippen molar-refractivity contribution in [3.63, 3.8) is 0 Å². The van der Waals surface area contributed by atoms with Crippen molar-refractivity contribution in [2.75, 3.05) is 32.7 Å². The molecule has 2 atom stereocenters. The summed E-state index contributed by atoms with van der Waals surface area (Å²) in [5, 5.41) is 3.45. The van der Waals surface area contributed by atoms with Gasteiger partial charge in [0.15, 0.2) is 0 Å². The monoisotopic (exact) mass is 240 g/mol. The zero-order valence-corrected chi connectivity index (χ0v) is 12.3. The third-order valence-corrected chi connectivity index (χ3v) is 4.12. The molecule has 1 saturated heterocycles. The summed E-state index contributed by atoms with van der Waals surface area (Å²) in [6.45, 7) is 15.5. The van der Waals surface area contributed by atoms with Crippen molar-refractivity contribution in [2.45, 2.75) is 47.0 Å². The van der Waals surface area contributed by atoms with E-state index in [0.29, 0.717) is 0 Å². The largest absolute Gasteiger partial charge is 0.317 e. The van der Waals surface area contributed by atoms with E-state index in [0.717, 1.165) is 24.3 Å². The molecule has 1 aliphatic heterocycles. The lowest BCUT2D eigenvalue weighted by Crippen LogP contribution is -2.34. The van der Waals surface area contributed by atoms with Crippen LogP contribution >= 0.6 is 0 Å². The molecule has 0 amide bonds. The van der Waals surface area contributed by atoms with Gasteiger partial charge in [-0.05, 0) is 63.2 Å². The van der Waals surface area contributed by atoms with E-state index in [1.807, 2.05) is 0 Å². The van der Waals surface area contributed by atoms with E-state index in [4.69, 9.17) is 0 Å². The van der Waals surface area contributed by atoms with Gasteiger partial charge in [0.1, 0.15) is 0 Å². The maximum atomic E-state index is 3.45. The molecule has 0 aromatic heterocycles. The Kier molecular flexibility index (Phi) is 7.14. The number of hydrogen-bond acceptors (Lipinski definition) is 2. The molecule has 0 aromatic rings. The predicted molar refractivity (Wildman–Crippen MR) is 76.3 cm³/mol. The predicted octanol–water partition coefficient (Wildman–Crippen LogP) is 2.99. The standard InChI is InChI=1S/C15H32N2/c1-5-16-11-14(4)12-17-9-6-7-15(8-10-17)13(2)3/h13-16H,5-12H2,1-4H3. The van der Waals surface area contributed by atoms with Crippen molar-refractivity contribution in [3.05, 3.63) is 0 Å². The van der Waals surface area contributed by atoms with Gasteiger partial charge in [-0.1, -0.05) is 27.7 Å². The van der Waals surface area contributed by atoms with Crippen LogP contribution in [0.3, 0.4) is 0 Å². The van der Waals surface area contributed by atoms with Crippen LogP contribution < -0.4 is 5.32 Å². The molecule has 2 nitrogen and oxygen atoms in total. The summed E-state index contributed by atoms with van der Waals surface area (Å²) in [6.07, 6.45) is 4.25. The molecule has 0 saturated carbocycles. The van der Waals surface area contributed by atoms with Gasteiger partial charge in [0.05, 0.1) is 0 Å². The van der Waals surface area contributed by atoms with Crippen LogP contribution in [0.5, 0.6) is 0 Å². The quantitative estimate of drug-likeness (QED) is 0.768. The minimum atomic E-state index is 0.783. The van der Waals surface area contributed by atoms with Crippen LogP contribution in [0.4, 0.5) is 0 Å². The number of hydrogen-bond donors (Lipinski definition) is 1. The highest BCUT2D eigenvalue weighted by Crippen LogP contribution is 2.24. The third-order valence-electron chi connectivity index (χ3n) is 4.12. The molecule has 1 heterocycles. The Labute approximate surface area is 108 Å². The molecular weight excluding hydrogens is 208 g/mol. The first-order chi connectivity index (χ1) is 8.13. The Morgan fingerprint density at radius 2 is 1.94 bits per heavy atom. The SMILES string of the molecule is CCNCC(C)CN1CCCC(C(C)C)CC1. The fraction of sp³-hybridized carbons (Fsp3) is 1.00. The van der Waals surface area contributed by atoms with Crippen LogP contribution in [0.15, 0.2) is 0 Å². The van der Waals surface area contributed by atoms with Crippen molar-refractivity contribution in [1.82, 2.24) is 10.2 Å². The minimum Gasteiger partial charge on any atom is -0.317 e. The molecule has 1 aliphatic rings. The third kappa shape index (κ3) is 5.87. The lowest BCUT2D eigenvalue weighted by Gasteiger charge is -2.24. The second-order valence-corrected chi connectivity index (χ2v) is 6.15. The Bertz CT molecular complexity index is 191. The van der Waals surface area contributed by atoms with Gasteiger partial charge in [-0.25, -0.2) is 0 Å².